The summed E-state index contributed by atoms with van der Waals surface area (Å²) in [5.74, 6) is -0.00972. The number of thiazole rings is 1. The van der Waals surface area contributed by atoms with Gasteiger partial charge in [0.2, 0.25) is 11.8 Å². The normalized spacial score (nSPS) is 15.5. The van der Waals surface area contributed by atoms with Crippen LogP contribution in [0, 0.1) is 0 Å². The number of nitrogens with zero attached hydrogens (tertiary/aromatic N) is 5. The highest BCUT2D eigenvalue weighted by molar-refractivity contribution is 7.21. The van der Waals surface area contributed by atoms with E-state index in [-0.39, 0.29) is 51.1 Å². The molecule has 56 heavy (non-hydrogen) atoms. The zero-order valence-corrected chi connectivity index (χ0v) is 32.9. The lowest BCUT2D eigenvalue weighted by Crippen LogP contribution is -2.52. The minimum absolute atomic E-state index is 0.199. The van der Waals surface area contributed by atoms with Crippen molar-refractivity contribution in [1.29, 1.82) is 0 Å². The average molecular weight is 777 g/mol. The van der Waals surface area contributed by atoms with Crippen LogP contribution >= 0.6 is 11.3 Å². The Kier molecular flexibility index (Phi) is 11.0. The Morgan fingerprint density at radius 2 is 1.70 bits per heavy atom. The van der Waals surface area contributed by atoms with E-state index >= 15 is 0 Å². The molecule has 0 radical (unpaired) electrons. The van der Waals surface area contributed by atoms with Gasteiger partial charge in [0.05, 0.1) is 30.0 Å². The molecule has 1 saturated heterocycles. The van der Waals surface area contributed by atoms with E-state index in [1.807, 2.05) is 53.1 Å². The maximum absolute atomic E-state index is 13.3. The average Bonchev–Trinajstić information content (AvgIpc) is 3.74. The lowest BCUT2D eigenvalue weighted by molar-refractivity contribution is -0.136. The molecule has 1 fully saturated rings. The SMILES string of the molecule is CN(C)c1ccc2nc(-c3ccc(-c4ccc(N(CCOCCOc5ccc6c(c5)CN(C5CCC(=O)NC5=O)C6=O)C(=O)OC(C)(C)C)nc4)cc3)sc2c1. The zero-order valence-electron chi connectivity index (χ0n) is 32.0. The number of pyridine rings is 1. The van der Waals surface area contributed by atoms with Gasteiger partial charge >= 0.3 is 6.09 Å². The lowest BCUT2D eigenvalue weighted by atomic mass is 10.0. The van der Waals surface area contributed by atoms with Gasteiger partial charge in [0.15, 0.2) is 0 Å². The van der Waals surface area contributed by atoms with E-state index in [1.165, 1.54) is 9.80 Å². The van der Waals surface area contributed by atoms with Gasteiger partial charge in [0.1, 0.15) is 34.8 Å². The van der Waals surface area contributed by atoms with E-state index in [0.29, 0.717) is 23.6 Å². The molecule has 5 aromatic rings. The number of amides is 4. The summed E-state index contributed by atoms with van der Waals surface area (Å²) in [5, 5.41) is 3.27. The number of hydrogen-bond acceptors (Lipinski definition) is 11. The van der Waals surface area contributed by atoms with Crippen molar-refractivity contribution in [2.24, 2.45) is 0 Å². The largest absolute Gasteiger partial charge is 0.491 e. The fourth-order valence-electron chi connectivity index (χ4n) is 6.57. The predicted octanol–water partition coefficient (Wildman–Crippen LogP) is 6.69. The van der Waals surface area contributed by atoms with Gasteiger partial charge in [-0.2, -0.15) is 0 Å². The molecule has 1 atom stereocenters. The van der Waals surface area contributed by atoms with Gasteiger partial charge in [0.25, 0.3) is 5.91 Å². The summed E-state index contributed by atoms with van der Waals surface area (Å²) in [4.78, 5) is 64.7. The van der Waals surface area contributed by atoms with E-state index in [4.69, 9.17) is 19.2 Å². The Morgan fingerprint density at radius 1 is 0.929 bits per heavy atom. The number of hydrogen-bond donors (Lipinski definition) is 1. The van der Waals surface area contributed by atoms with Gasteiger partial charge in [-0.15, -0.1) is 11.3 Å². The first-order valence-corrected chi connectivity index (χ1v) is 19.3. The van der Waals surface area contributed by atoms with Crippen LogP contribution in [0.15, 0.2) is 79.0 Å². The number of fused-ring (bicyclic) bond motifs is 2. The number of carbonyl (C=O) groups excluding carboxylic acids is 4. The predicted molar refractivity (Wildman–Crippen MR) is 215 cm³/mol. The highest BCUT2D eigenvalue weighted by Gasteiger charge is 2.39. The number of anilines is 2. The van der Waals surface area contributed by atoms with Crippen LogP contribution in [0.3, 0.4) is 0 Å². The van der Waals surface area contributed by atoms with Crippen molar-refractivity contribution >= 4 is 56.9 Å². The first-order chi connectivity index (χ1) is 26.8. The molecule has 2 aromatic heterocycles. The van der Waals surface area contributed by atoms with Gasteiger partial charge < -0.3 is 24.0 Å². The number of carbonyl (C=O) groups is 4. The maximum Gasteiger partial charge on any atom is 0.416 e. The molecule has 0 spiro atoms. The monoisotopic (exact) mass is 776 g/mol. The number of piperidine rings is 1. The molecule has 290 valence electrons. The summed E-state index contributed by atoms with van der Waals surface area (Å²) in [7, 11) is 4.05. The smallest absolute Gasteiger partial charge is 0.416 e. The molecule has 14 heteroatoms. The molecular weight excluding hydrogens is 733 g/mol. The van der Waals surface area contributed by atoms with Gasteiger partial charge in [-0.05, 0) is 86.8 Å². The van der Waals surface area contributed by atoms with Gasteiger partial charge in [0, 0.05) is 55.6 Å². The molecule has 2 aliphatic rings. The second-order valence-corrected chi connectivity index (χ2v) is 15.9. The fraction of sp³-hybridized carbons (Fsp3) is 0.333. The van der Waals surface area contributed by atoms with Crippen molar-refractivity contribution in [3.63, 3.8) is 0 Å². The summed E-state index contributed by atoms with van der Waals surface area (Å²) < 4.78 is 18.6. The molecule has 1 N–H and O–H groups in total. The van der Waals surface area contributed by atoms with Crippen LogP contribution < -0.4 is 19.9 Å². The number of ether oxygens (including phenoxy) is 3. The van der Waals surface area contributed by atoms with Gasteiger partial charge in [-0.25, -0.2) is 14.8 Å². The third-order valence-electron chi connectivity index (χ3n) is 9.44. The molecule has 3 aromatic carbocycles. The van der Waals surface area contributed by atoms with Crippen molar-refractivity contribution in [2.75, 3.05) is 50.3 Å². The van der Waals surface area contributed by atoms with Crippen molar-refractivity contribution in [3.8, 4) is 27.4 Å². The second-order valence-electron chi connectivity index (χ2n) is 14.9. The van der Waals surface area contributed by atoms with Crippen molar-refractivity contribution in [1.82, 2.24) is 20.2 Å². The Hall–Kier alpha value is -5.86. The van der Waals surface area contributed by atoms with Gasteiger partial charge in [-0.3, -0.25) is 24.6 Å². The Morgan fingerprint density at radius 3 is 2.41 bits per heavy atom. The fourth-order valence-corrected chi connectivity index (χ4v) is 7.57. The van der Waals surface area contributed by atoms with E-state index in [0.717, 1.165) is 43.2 Å². The third-order valence-corrected chi connectivity index (χ3v) is 10.5. The van der Waals surface area contributed by atoms with E-state index in [9.17, 15) is 19.2 Å². The third kappa shape index (κ3) is 8.66. The molecule has 13 nitrogen and oxygen atoms in total. The minimum Gasteiger partial charge on any atom is -0.491 e. The number of aromatic nitrogens is 2. The molecule has 0 saturated carbocycles. The highest BCUT2D eigenvalue weighted by atomic mass is 32.1. The Balaban J connectivity index is 0.933. The number of imide groups is 1. The standard InChI is InChI=1S/C42H44N6O7S/c1-42(2,3)55-41(52)47(18-19-53-20-21-54-31-12-13-32-29(22-31)25-48(40(32)51)34-15-17-37(49)45-38(34)50)36-16-10-28(24-43-36)26-6-8-27(9-7-26)39-44-33-14-11-30(46(4)5)23-35(33)56-39/h6-14,16,22-24,34H,15,17-21,25H2,1-5H3,(H,45,49,50). The topological polar surface area (TPSA) is 144 Å². The van der Waals surface area contributed by atoms with Crippen molar-refractivity contribution in [2.45, 2.75) is 51.8 Å². The first kappa shape index (κ1) is 38.4. The quantitative estimate of drug-likeness (QED) is 0.108. The summed E-state index contributed by atoms with van der Waals surface area (Å²) >= 11 is 1.67. The zero-order chi connectivity index (χ0) is 39.6. The van der Waals surface area contributed by atoms with Crippen LogP contribution in [0.1, 0.15) is 49.5 Å². The van der Waals surface area contributed by atoms with Gasteiger partial charge in [-0.1, -0.05) is 24.3 Å². The van der Waals surface area contributed by atoms with Crippen molar-refractivity contribution < 1.29 is 33.4 Å². The minimum atomic E-state index is -0.705. The van der Waals surface area contributed by atoms with Crippen LogP contribution in [-0.2, 0) is 25.6 Å². The van der Waals surface area contributed by atoms with Crippen LogP contribution in [0.4, 0.5) is 16.3 Å². The molecular formula is C42H44N6O7S. The van der Waals surface area contributed by atoms with E-state index in [1.54, 1.807) is 41.8 Å². The van der Waals surface area contributed by atoms with Crippen molar-refractivity contribution in [3.05, 3.63) is 90.1 Å². The van der Waals surface area contributed by atoms with Crippen LogP contribution in [0.5, 0.6) is 5.75 Å². The molecule has 4 heterocycles. The van der Waals surface area contributed by atoms with Crippen LogP contribution in [0.25, 0.3) is 31.9 Å². The summed E-state index contributed by atoms with van der Waals surface area (Å²) in [6.45, 7) is 6.59. The Bertz CT molecular complexity index is 2270. The van der Waals surface area contributed by atoms with Crippen LogP contribution in [0.2, 0.25) is 0 Å². The maximum atomic E-state index is 13.3. The van der Waals surface area contributed by atoms with E-state index < -0.39 is 23.6 Å². The number of benzene rings is 3. The summed E-state index contributed by atoms with van der Waals surface area (Å²) in [6.07, 6.45) is 1.71. The summed E-state index contributed by atoms with van der Waals surface area (Å²) in [5.41, 5.74) is 5.60. The summed E-state index contributed by atoms with van der Waals surface area (Å²) in [6, 6.07) is 22.7. The van der Waals surface area contributed by atoms with E-state index in [2.05, 4.69) is 45.5 Å². The van der Waals surface area contributed by atoms with Crippen LogP contribution in [-0.4, -0.2) is 90.8 Å². The molecule has 1 unspecified atom stereocenters. The number of nitrogens with one attached hydrogen (secondary N) is 1. The highest BCUT2D eigenvalue weighted by Crippen LogP contribution is 2.34. The molecule has 0 aliphatic carbocycles. The molecule has 2 aliphatic heterocycles. The lowest BCUT2D eigenvalue weighted by Gasteiger charge is -2.29. The second kappa shape index (κ2) is 16.1. The molecule has 0 bridgehead atoms. The first-order valence-electron chi connectivity index (χ1n) is 18.5. The molecule has 7 rings (SSSR count). The molecule has 4 amide bonds. The Labute approximate surface area is 329 Å². The number of rotatable bonds is 12.